The van der Waals surface area contributed by atoms with Crippen molar-refractivity contribution in [2.45, 2.75) is 57.8 Å². The number of carbonyl (C=O) groups excluding carboxylic acids is 3. The number of esters is 2. The number of nitriles is 1. The molecule has 0 bridgehead atoms. The number of amides is 1. The van der Waals surface area contributed by atoms with E-state index in [1.807, 2.05) is 30.3 Å². The van der Waals surface area contributed by atoms with Crippen LogP contribution in [-0.2, 0) is 37.3 Å². The fraction of sp³-hybridized carbons (Fsp3) is 0.440. The number of hydrogen-bond donors (Lipinski definition) is 1. The second kappa shape index (κ2) is 11.1. The fourth-order valence-electron chi connectivity index (χ4n) is 4.11. The Bertz CT molecular complexity index is 1060. The maximum absolute atomic E-state index is 12.8. The van der Waals surface area contributed by atoms with E-state index in [-0.39, 0.29) is 31.3 Å². The molecule has 1 atom stereocenters. The van der Waals surface area contributed by atoms with Crippen LogP contribution in [0.25, 0.3) is 0 Å². The van der Waals surface area contributed by atoms with Gasteiger partial charge in [-0.2, -0.15) is 5.26 Å². The summed E-state index contributed by atoms with van der Waals surface area (Å²) in [4.78, 5) is 37.7. The lowest BCUT2D eigenvalue weighted by molar-refractivity contribution is -0.143. The van der Waals surface area contributed by atoms with Crippen LogP contribution in [-0.4, -0.2) is 31.1 Å². The molecule has 0 saturated heterocycles. The number of nitrogens with one attached hydrogen (secondary N) is 1. The smallest absolute Gasteiger partial charge is 0.341 e. The molecule has 0 radical (unpaired) electrons. The van der Waals surface area contributed by atoms with Crippen molar-refractivity contribution in [3.63, 3.8) is 0 Å². The van der Waals surface area contributed by atoms with Crippen molar-refractivity contribution in [3.05, 3.63) is 51.9 Å². The van der Waals surface area contributed by atoms with Crippen LogP contribution in [0.15, 0.2) is 30.3 Å². The quantitative estimate of drug-likeness (QED) is 0.542. The molecule has 7 nitrogen and oxygen atoms in total. The third-order valence-corrected chi connectivity index (χ3v) is 6.87. The van der Waals surface area contributed by atoms with Gasteiger partial charge in [-0.3, -0.25) is 9.59 Å². The van der Waals surface area contributed by atoms with Crippen LogP contribution in [0.3, 0.4) is 0 Å². The maximum atomic E-state index is 12.8. The SMILES string of the molecule is CCOC(=O)CCCC(=O)Nc1sc2c(c1C(=O)OCC)CC[C@@](C#N)(c1ccccc1)C2. The van der Waals surface area contributed by atoms with Gasteiger partial charge in [-0.1, -0.05) is 30.3 Å². The van der Waals surface area contributed by atoms with Crippen LogP contribution >= 0.6 is 11.3 Å². The van der Waals surface area contributed by atoms with Gasteiger partial charge in [0.25, 0.3) is 0 Å². The van der Waals surface area contributed by atoms with Crippen LogP contribution in [0.1, 0.15) is 65.9 Å². The van der Waals surface area contributed by atoms with Crippen molar-refractivity contribution in [1.82, 2.24) is 0 Å². The van der Waals surface area contributed by atoms with Crippen LogP contribution in [0.2, 0.25) is 0 Å². The molecule has 2 aromatic rings. The Morgan fingerprint density at radius 3 is 2.52 bits per heavy atom. The topological polar surface area (TPSA) is 105 Å². The Labute approximate surface area is 197 Å². The number of rotatable bonds is 9. The molecule has 1 aliphatic carbocycles. The van der Waals surface area contributed by atoms with Gasteiger partial charge in [-0.25, -0.2) is 4.79 Å². The third-order valence-electron chi connectivity index (χ3n) is 5.72. The zero-order chi connectivity index (χ0) is 23.8. The van der Waals surface area contributed by atoms with E-state index in [4.69, 9.17) is 9.47 Å². The summed E-state index contributed by atoms with van der Waals surface area (Å²) in [5.41, 5.74) is 1.51. The van der Waals surface area contributed by atoms with E-state index >= 15 is 0 Å². The van der Waals surface area contributed by atoms with Gasteiger partial charge in [0.05, 0.1) is 30.3 Å². The molecule has 0 spiro atoms. The van der Waals surface area contributed by atoms with Gasteiger partial charge in [0, 0.05) is 24.1 Å². The van der Waals surface area contributed by atoms with Gasteiger partial charge in [0.2, 0.25) is 5.91 Å². The highest BCUT2D eigenvalue weighted by Gasteiger charge is 2.40. The molecule has 1 aromatic carbocycles. The van der Waals surface area contributed by atoms with Gasteiger partial charge in [0.15, 0.2) is 0 Å². The Kier molecular flexibility index (Phi) is 8.23. The minimum Gasteiger partial charge on any atom is -0.466 e. The zero-order valence-electron chi connectivity index (χ0n) is 18.9. The predicted molar refractivity (Wildman–Crippen MR) is 125 cm³/mol. The molecule has 3 rings (SSSR count). The van der Waals surface area contributed by atoms with Gasteiger partial charge in [-0.15, -0.1) is 11.3 Å². The number of hydrogen-bond acceptors (Lipinski definition) is 7. The summed E-state index contributed by atoms with van der Waals surface area (Å²) in [5, 5.41) is 13.4. The molecule has 1 amide bonds. The highest BCUT2D eigenvalue weighted by Crippen LogP contribution is 2.45. The molecule has 1 aromatic heterocycles. The number of carbonyl (C=O) groups is 3. The number of nitrogens with zero attached hydrogens (tertiary/aromatic N) is 1. The third kappa shape index (κ3) is 5.60. The molecule has 0 aliphatic heterocycles. The average molecular weight is 469 g/mol. The van der Waals surface area contributed by atoms with E-state index in [0.29, 0.717) is 42.9 Å². The average Bonchev–Trinajstić information content (AvgIpc) is 3.16. The van der Waals surface area contributed by atoms with Crippen molar-refractivity contribution in [2.75, 3.05) is 18.5 Å². The number of thiophene rings is 1. The Hall–Kier alpha value is -3.18. The van der Waals surface area contributed by atoms with Crippen molar-refractivity contribution < 1.29 is 23.9 Å². The standard InChI is InChI=1S/C25H28N2O5S/c1-3-31-21(29)12-8-11-20(28)27-23-22(24(30)32-4-2)18-13-14-25(16-26,15-19(18)33-23)17-9-6-5-7-10-17/h5-7,9-10H,3-4,8,11-15H2,1-2H3,(H,27,28)/t25-/m1/s1. The molecule has 0 saturated carbocycles. The normalized spacial score (nSPS) is 16.9. The summed E-state index contributed by atoms with van der Waals surface area (Å²) in [7, 11) is 0. The minimum atomic E-state index is -0.675. The molecule has 8 heteroatoms. The van der Waals surface area contributed by atoms with Gasteiger partial charge < -0.3 is 14.8 Å². The lowest BCUT2D eigenvalue weighted by atomic mass is 9.70. The first-order chi connectivity index (χ1) is 15.9. The van der Waals surface area contributed by atoms with Crippen molar-refractivity contribution in [3.8, 4) is 6.07 Å². The largest absolute Gasteiger partial charge is 0.466 e. The summed E-state index contributed by atoms with van der Waals surface area (Å²) < 4.78 is 10.2. The molecular weight excluding hydrogens is 440 g/mol. The molecule has 174 valence electrons. The number of benzene rings is 1. The van der Waals surface area contributed by atoms with E-state index in [9.17, 15) is 19.6 Å². The van der Waals surface area contributed by atoms with E-state index in [1.165, 1.54) is 11.3 Å². The van der Waals surface area contributed by atoms with Crippen molar-refractivity contribution >= 4 is 34.2 Å². The molecular formula is C25H28N2O5S. The number of ether oxygens (including phenoxy) is 2. The van der Waals surface area contributed by atoms with Gasteiger partial charge >= 0.3 is 11.9 Å². The van der Waals surface area contributed by atoms with Crippen molar-refractivity contribution in [2.24, 2.45) is 0 Å². The summed E-state index contributed by atoms with van der Waals surface area (Å²) >= 11 is 1.33. The lowest BCUT2D eigenvalue weighted by Gasteiger charge is -2.31. The first-order valence-corrected chi connectivity index (χ1v) is 12.0. The number of anilines is 1. The minimum absolute atomic E-state index is 0.135. The first-order valence-electron chi connectivity index (χ1n) is 11.2. The predicted octanol–water partition coefficient (Wildman–Crippen LogP) is 4.55. The maximum Gasteiger partial charge on any atom is 0.341 e. The van der Waals surface area contributed by atoms with Crippen molar-refractivity contribution in [1.29, 1.82) is 5.26 Å². The molecule has 1 heterocycles. The van der Waals surface area contributed by atoms with E-state index < -0.39 is 11.4 Å². The molecule has 33 heavy (non-hydrogen) atoms. The Morgan fingerprint density at radius 1 is 1.12 bits per heavy atom. The highest BCUT2D eigenvalue weighted by molar-refractivity contribution is 7.17. The molecule has 1 N–H and O–H groups in total. The Balaban J connectivity index is 1.83. The Morgan fingerprint density at radius 2 is 1.85 bits per heavy atom. The summed E-state index contributed by atoms with van der Waals surface area (Å²) in [6.45, 7) is 4.00. The van der Waals surface area contributed by atoms with Crippen LogP contribution < -0.4 is 5.32 Å². The zero-order valence-corrected chi connectivity index (χ0v) is 19.8. The highest BCUT2D eigenvalue weighted by atomic mass is 32.1. The summed E-state index contributed by atoms with van der Waals surface area (Å²) in [5.74, 6) is -1.09. The van der Waals surface area contributed by atoms with Crippen LogP contribution in [0.5, 0.6) is 0 Å². The van der Waals surface area contributed by atoms with Crippen LogP contribution in [0, 0.1) is 11.3 Å². The molecule has 1 aliphatic rings. The first kappa shape index (κ1) is 24.5. The second-order valence-corrected chi connectivity index (χ2v) is 8.98. The summed E-state index contributed by atoms with van der Waals surface area (Å²) in [6.07, 6.45) is 2.25. The van der Waals surface area contributed by atoms with E-state index in [1.54, 1.807) is 13.8 Å². The second-order valence-electron chi connectivity index (χ2n) is 7.87. The van der Waals surface area contributed by atoms with Crippen LogP contribution in [0.4, 0.5) is 5.00 Å². The lowest BCUT2D eigenvalue weighted by Crippen LogP contribution is -2.31. The fourth-order valence-corrected chi connectivity index (χ4v) is 5.47. The molecule has 0 fully saturated rings. The van der Waals surface area contributed by atoms with Gasteiger partial charge in [0.1, 0.15) is 5.00 Å². The van der Waals surface area contributed by atoms with Gasteiger partial charge in [-0.05, 0) is 44.2 Å². The number of fused-ring (bicyclic) bond motifs is 1. The molecule has 0 unspecified atom stereocenters. The van der Waals surface area contributed by atoms with E-state index in [0.717, 1.165) is 16.0 Å². The monoisotopic (exact) mass is 468 g/mol. The van der Waals surface area contributed by atoms with E-state index in [2.05, 4.69) is 11.4 Å². The summed E-state index contributed by atoms with van der Waals surface area (Å²) in [6, 6.07) is 12.2.